The molecule has 5 nitrogen and oxygen atoms in total. The van der Waals surface area contributed by atoms with Gasteiger partial charge in [0.25, 0.3) is 0 Å². The summed E-state index contributed by atoms with van der Waals surface area (Å²) in [5, 5.41) is 5.91. The molecule has 1 saturated heterocycles. The quantitative estimate of drug-likeness (QED) is 0.881. The highest BCUT2D eigenvalue weighted by atomic mass is 19.1. The molecule has 0 spiro atoms. The topological polar surface area (TPSA) is 59.6 Å². The Morgan fingerprint density at radius 2 is 2.24 bits per heavy atom. The van der Waals surface area contributed by atoms with Crippen molar-refractivity contribution in [3.63, 3.8) is 0 Å². The van der Waals surface area contributed by atoms with E-state index in [2.05, 4.69) is 10.6 Å². The molecule has 1 aromatic rings. The summed E-state index contributed by atoms with van der Waals surface area (Å²) in [6, 6.07) is 4.09. The van der Waals surface area contributed by atoms with Gasteiger partial charge < -0.3 is 14.8 Å². The van der Waals surface area contributed by atoms with Gasteiger partial charge in [0.1, 0.15) is 11.4 Å². The maximum Gasteiger partial charge on any atom is 0.412 e. The molecule has 0 bridgehead atoms. The molecule has 6 heteroatoms. The highest BCUT2D eigenvalue weighted by Crippen LogP contribution is 2.26. The normalized spacial score (nSPS) is 19.1. The average molecular weight is 296 g/mol. The summed E-state index contributed by atoms with van der Waals surface area (Å²) in [5.41, 5.74) is 0.588. The number of carbonyl (C=O) groups is 1. The molecule has 0 saturated carbocycles. The monoisotopic (exact) mass is 296 g/mol. The molecule has 21 heavy (non-hydrogen) atoms. The van der Waals surface area contributed by atoms with Crippen molar-refractivity contribution in [2.24, 2.45) is 0 Å². The standard InChI is InChI=1S/C15H21FN2O3/c1-15(2,3)21-14(19)18-12-5-4-10(16)8-11(12)13-9-20-7-6-17-13/h4-5,8,13,17H,6-7,9H2,1-3H3,(H,18,19). The highest BCUT2D eigenvalue weighted by molar-refractivity contribution is 5.86. The van der Waals surface area contributed by atoms with Crippen LogP contribution in [0.1, 0.15) is 32.4 Å². The number of ether oxygens (including phenoxy) is 2. The van der Waals surface area contributed by atoms with E-state index >= 15 is 0 Å². The fraction of sp³-hybridized carbons (Fsp3) is 0.533. The number of carbonyl (C=O) groups excluding carboxylic acids is 1. The van der Waals surface area contributed by atoms with Crippen LogP contribution in [0.5, 0.6) is 0 Å². The lowest BCUT2D eigenvalue weighted by molar-refractivity contribution is 0.0633. The third-order valence-electron chi connectivity index (χ3n) is 2.95. The molecule has 1 atom stereocenters. The molecule has 1 aliphatic rings. The Kier molecular flexibility index (Phi) is 4.80. The van der Waals surface area contributed by atoms with Crippen LogP contribution in [0.25, 0.3) is 0 Å². The predicted molar refractivity (Wildman–Crippen MR) is 77.8 cm³/mol. The van der Waals surface area contributed by atoms with Crippen LogP contribution in [0.2, 0.25) is 0 Å². The summed E-state index contributed by atoms with van der Waals surface area (Å²) in [6.07, 6.45) is -0.563. The van der Waals surface area contributed by atoms with E-state index in [1.54, 1.807) is 20.8 Å². The Morgan fingerprint density at radius 1 is 1.48 bits per heavy atom. The Bertz CT molecular complexity index is 508. The minimum atomic E-state index is -0.587. The number of hydrogen-bond acceptors (Lipinski definition) is 4. The number of rotatable bonds is 2. The van der Waals surface area contributed by atoms with Gasteiger partial charge in [-0.05, 0) is 44.5 Å². The van der Waals surface area contributed by atoms with E-state index in [-0.39, 0.29) is 11.9 Å². The first-order valence-electron chi connectivity index (χ1n) is 6.96. The van der Waals surface area contributed by atoms with Gasteiger partial charge in [0.2, 0.25) is 0 Å². The first kappa shape index (κ1) is 15.7. The molecule has 0 radical (unpaired) electrons. The van der Waals surface area contributed by atoms with Crippen LogP contribution in [0, 0.1) is 5.82 Å². The SMILES string of the molecule is CC(C)(C)OC(=O)Nc1ccc(F)cc1C1COCCN1. The first-order valence-corrected chi connectivity index (χ1v) is 6.96. The smallest absolute Gasteiger partial charge is 0.412 e. The van der Waals surface area contributed by atoms with Crippen molar-refractivity contribution < 1.29 is 18.7 Å². The van der Waals surface area contributed by atoms with Crippen LogP contribution < -0.4 is 10.6 Å². The Morgan fingerprint density at radius 3 is 2.86 bits per heavy atom. The maximum atomic E-state index is 13.5. The van der Waals surface area contributed by atoms with Crippen molar-refractivity contribution >= 4 is 11.8 Å². The molecule has 1 amide bonds. The van der Waals surface area contributed by atoms with Gasteiger partial charge in [0.15, 0.2) is 0 Å². The molecule has 1 heterocycles. The van der Waals surface area contributed by atoms with Crippen LogP contribution in [0.3, 0.4) is 0 Å². The van der Waals surface area contributed by atoms with Gasteiger partial charge in [-0.1, -0.05) is 0 Å². The van der Waals surface area contributed by atoms with E-state index in [0.717, 1.165) is 0 Å². The van der Waals surface area contributed by atoms with Crippen molar-refractivity contribution in [3.8, 4) is 0 Å². The van der Waals surface area contributed by atoms with Gasteiger partial charge >= 0.3 is 6.09 Å². The van der Waals surface area contributed by atoms with Crippen molar-refractivity contribution in [3.05, 3.63) is 29.6 Å². The lowest BCUT2D eigenvalue weighted by Crippen LogP contribution is -2.35. The number of anilines is 1. The Hall–Kier alpha value is -1.66. The molecule has 1 aliphatic heterocycles. The maximum absolute atomic E-state index is 13.5. The Balaban J connectivity index is 2.16. The van der Waals surface area contributed by atoms with Gasteiger partial charge in [0, 0.05) is 12.2 Å². The van der Waals surface area contributed by atoms with Gasteiger partial charge in [-0.15, -0.1) is 0 Å². The number of benzene rings is 1. The highest BCUT2D eigenvalue weighted by Gasteiger charge is 2.22. The second-order valence-electron chi connectivity index (χ2n) is 5.94. The zero-order chi connectivity index (χ0) is 15.5. The molecule has 2 N–H and O–H groups in total. The molecular weight excluding hydrogens is 275 g/mol. The summed E-state index contributed by atoms with van der Waals surface area (Å²) < 4.78 is 24.1. The Labute approximate surface area is 123 Å². The first-order chi connectivity index (χ1) is 9.85. The lowest BCUT2D eigenvalue weighted by Gasteiger charge is -2.26. The van der Waals surface area contributed by atoms with Crippen LogP contribution in [-0.2, 0) is 9.47 Å². The minimum absolute atomic E-state index is 0.153. The number of morpholine rings is 1. The zero-order valence-electron chi connectivity index (χ0n) is 12.5. The van der Waals surface area contributed by atoms with Crippen molar-refractivity contribution in [2.45, 2.75) is 32.4 Å². The van der Waals surface area contributed by atoms with Gasteiger partial charge in [0.05, 0.1) is 19.3 Å². The molecular formula is C15H21FN2O3. The summed E-state index contributed by atoms with van der Waals surface area (Å²) in [6.45, 7) is 7.11. The number of nitrogens with one attached hydrogen (secondary N) is 2. The van der Waals surface area contributed by atoms with Gasteiger partial charge in [-0.25, -0.2) is 9.18 Å². The van der Waals surface area contributed by atoms with E-state index in [1.807, 2.05) is 0 Å². The lowest BCUT2D eigenvalue weighted by atomic mass is 10.0. The largest absolute Gasteiger partial charge is 0.444 e. The number of amides is 1. The van der Waals surface area contributed by atoms with Crippen molar-refractivity contribution in [1.82, 2.24) is 5.32 Å². The summed E-state index contributed by atoms with van der Waals surface area (Å²) in [5.74, 6) is -0.355. The van der Waals surface area contributed by atoms with Crippen LogP contribution in [-0.4, -0.2) is 31.5 Å². The van der Waals surface area contributed by atoms with Crippen LogP contribution in [0.4, 0.5) is 14.9 Å². The minimum Gasteiger partial charge on any atom is -0.444 e. The van der Waals surface area contributed by atoms with Crippen LogP contribution >= 0.6 is 0 Å². The van der Waals surface area contributed by atoms with E-state index in [0.29, 0.717) is 31.0 Å². The second-order valence-corrected chi connectivity index (χ2v) is 5.94. The molecule has 1 aromatic carbocycles. The molecule has 1 unspecified atom stereocenters. The molecule has 116 valence electrons. The predicted octanol–water partition coefficient (Wildman–Crippen LogP) is 2.83. The third-order valence-corrected chi connectivity index (χ3v) is 2.95. The van der Waals surface area contributed by atoms with Crippen LogP contribution in [0.15, 0.2) is 18.2 Å². The average Bonchev–Trinajstić information content (AvgIpc) is 2.40. The van der Waals surface area contributed by atoms with Crippen molar-refractivity contribution in [2.75, 3.05) is 25.1 Å². The van der Waals surface area contributed by atoms with Gasteiger partial charge in [-0.3, -0.25) is 5.32 Å². The molecule has 0 aliphatic carbocycles. The summed E-state index contributed by atoms with van der Waals surface area (Å²) in [7, 11) is 0. The zero-order valence-corrected chi connectivity index (χ0v) is 12.5. The molecule has 2 rings (SSSR count). The molecule has 0 aromatic heterocycles. The summed E-state index contributed by atoms with van der Waals surface area (Å²) >= 11 is 0. The van der Waals surface area contributed by atoms with Gasteiger partial charge in [-0.2, -0.15) is 0 Å². The number of hydrogen-bond donors (Lipinski definition) is 2. The fourth-order valence-electron chi connectivity index (χ4n) is 2.11. The van der Waals surface area contributed by atoms with E-state index < -0.39 is 11.7 Å². The van der Waals surface area contributed by atoms with Crippen molar-refractivity contribution in [1.29, 1.82) is 0 Å². The molecule has 1 fully saturated rings. The fourth-order valence-corrected chi connectivity index (χ4v) is 2.11. The third kappa shape index (κ3) is 4.68. The second kappa shape index (κ2) is 6.41. The van der Waals surface area contributed by atoms with E-state index in [9.17, 15) is 9.18 Å². The van der Waals surface area contributed by atoms with E-state index in [4.69, 9.17) is 9.47 Å². The number of halogens is 1. The summed E-state index contributed by atoms with van der Waals surface area (Å²) in [4.78, 5) is 11.9. The van der Waals surface area contributed by atoms with E-state index in [1.165, 1.54) is 18.2 Å².